The Balaban J connectivity index is 1.92. The molecule has 0 spiro atoms. The van der Waals surface area contributed by atoms with Crippen molar-refractivity contribution in [3.8, 4) is 0 Å². The quantitative estimate of drug-likeness (QED) is 0.756. The van der Waals surface area contributed by atoms with Crippen molar-refractivity contribution in [2.45, 2.75) is 31.8 Å². The van der Waals surface area contributed by atoms with Gasteiger partial charge in [-0.2, -0.15) is 0 Å². The number of hydrogen-bond donors (Lipinski definition) is 0. The summed E-state index contributed by atoms with van der Waals surface area (Å²) in [6, 6.07) is 3.25. The van der Waals surface area contributed by atoms with Gasteiger partial charge in [-0.05, 0) is 37.5 Å². The zero-order chi connectivity index (χ0) is 12.3. The summed E-state index contributed by atoms with van der Waals surface area (Å²) in [5.41, 5.74) is 0.224. The number of carbonyl (C=O) groups is 1. The fourth-order valence-corrected chi connectivity index (χ4v) is 1.98. The van der Waals surface area contributed by atoms with Crippen molar-refractivity contribution >= 4 is 5.78 Å². The summed E-state index contributed by atoms with van der Waals surface area (Å²) in [4.78, 5) is 11.7. The maximum absolute atomic E-state index is 12.9. The van der Waals surface area contributed by atoms with E-state index in [1.807, 2.05) is 0 Å². The van der Waals surface area contributed by atoms with Gasteiger partial charge in [0.05, 0.1) is 6.10 Å². The van der Waals surface area contributed by atoms with Gasteiger partial charge in [0.1, 0.15) is 0 Å². The van der Waals surface area contributed by atoms with Gasteiger partial charge in [0, 0.05) is 18.6 Å². The van der Waals surface area contributed by atoms with Crippen LogP contribution in [0.2, 0.25) is 0 Å². The van der Waals surface area contributed by atoms with E-state index in [1.54, 1.807) is 0 Å². The smallest absolute Gasteiger partial charge is 0.163 e. The Kier molecular flexibility index (Phi) is 3.84. The molecule has 2 rings (SSSR count). The molecule has 1 saturated heterocycles. The molecule has 1 aromatic carbocycles. The van der Waals surface area contributed by atoms with Crippen LogP contribution in [0.15, 0.2) is 18.2 Å². The van der Waals surface area contributed by atoms with Crippen LogP contribution in [-0.4, -0.2) is 18.5 Å². The molecule has 1 heterocycles. The van der Waals surface area contributed by atoms with Gasteiger partial charge in [0.25, 0.3) is 0 Å². The van der Waals surface area contributed by atoms with E-state index in [1.165, 1.54) is 6.07 Å². The highest BCUT2D eigenvalue weighted by Crippen LogP contribution is 2.19. The molecule has 2 nitrogen and oxygen atoms in total. The first-order valence-electron chi connectivity index (χ1n) is 5.76. The average molecular weight is 240 g/mol. The van der Waals surface area contributed by atoms with Crippen LogP contribution in [0.5, 0.6) is 0 Å². The third-order valence-electron chi connectivity index (χ3n) is 2.96. The van der Waals surface area contributed by atoms with Gasteiger partial charge in [-0.1, -0.05) is 0 Å². The molecule has 17 heavy (non-hydrogen) atoms. The van der Waals surface area contributed by atoms with Crippen molar-refractivity contribution in [3.05, 3.63) is 35.4 Å². The number of hydrogen-bond acceptors (Lipinski definition) is 2. The molecule has 92 valence electrons. The lowest BCUT2D eigenvalue weighted by Crippen LogP contribution is -2.09. The highest BCUT2D eigenvalue weighted by Gasteiger charge is 2.17. The van der Waals surface area contributed by atoms with Crippen LogP contribution in [0.25, 0.3) is 0 Å². The van der Waals surface area contributed by atoms with Crippen molar-refractivity contribution in [3.63, 3.8) is 0 Å². The second-order valence-corrected chi connectivity index (χ2v) is 4.23. The van der Waals surface area contributed by atoms with Gasteiger partial charge >= 0.3 is 0 Å². The van der Waals surface area contributed by atoms with E-state index in [-0.39, 0.29) is 17.5 Å². The zero-order valence-corrected chi connectivity index (χ0v) is 9.42. The number of carbonyl (C=O) groups excluding carboxylic acids is 1. The minimum Gasteiger partial charge on any atom is -0.378 e. The van der Waals surface area contributed by atoms with Crippen LogP contribution in [0, 0.1) is 11.6 Å². The number of ketones is 1. The molecule has 0 saturated carbocycles. The van der Waals surface area contributed by atoms with Crippen molar-refractivity contribution < 1.29 is 18.3 Å². The number of ether oxygens (including phenoxy) is 1. The van der Waals surface area contributed by atoms with E-state index in [2.05, 4.69) is 0 Å². The first-order chi connectivity index (χ1) is 8.16. The summed E-state index contributed by atoms with van der Waals surface area (Å²) in [6.07, 6.45) is 3.12. The van der Waals surface area contributed by atoms with Crippen LogP contribution >= 0.6 is 0 Å². The highest BCUT2D eigenvalue weighted by atomic mass is 19.2. The third kappa shape index (κ3) is 3.09. The molecule has 0 radical (unpaired) electrons. The molecule has 1 unspecified atom stereocenters. The molecule has 0 aromatic heterocycles. The first-order valence-corrected chi connectivity index (χ1v) is 5.76. The number of rotatable bonds is 4. The van der Waals surface area contributed by atoms with Gasteiger partial charge in [-0.15, -0.1) is 0 Å². The van der Waals surface area contributed by atoms with E-state index >= 15 is 0 Å². The molecule has 0 bridgehead atoms. The van der Waals surface area contributed by atoms with E-state index in [0.29, 0.717) is 12.8 Å². The summed E-state index contributed by atoms with van der Waals surface area (Å²) in [5.74, 6) is -2.08. The fraction of sp³-hybridized carbons (Fsp3) is 0.462. The van der Waals surface area contributed by atoms with Crippen LogP contribution in [0.4, 0.5) is 8.78 Å². The van der Waals surface area contributed by atoms with Gasteiger partial charge in [0.15, 0.2) is 17.4 Å². The second kappa shape index (κ2) is 5.36. The normalized spacial score (nSPS) is 19.5. The Morgan fingerprint density at radius 2 is 2.18 bits per heavy atom. The maximum atomic E-state index is 12.9. The van der Waals surface area contributed by atoms with Crippen molar-refractivity contribution in [2.75, 3.05) is 6.61 Å². The lowest BCUT2D eigenvalue weighted by Gasteiger charge is -2.08. The van der Waals surface area contributed by atoms with Gasteiger partial charge in [-0.3, -0.25) is 4.79 Å². The molecular weight excluding hydrogens is 226 g/mol. The molecule has 1 aliphatic heterocycles. The molecule has 1 atom stereocenters. The molecule has 1 fully saturated rings. The van der Waals surface area contributed by atoms with E-state index in [0.717, 1.165) is 31.6 Å². The molecule has 0 aliphatic carbocycles. The SMILES string of the molecule is O=C(CCC1CCCO1)c1ccc(F)c(F)c1. The fourth-order valence-electron chi connectivity index (χ4n) is 1.98. The predicted molar refractivity (Wildman–Crippen MR) is 58.9 cm³/mol. The van der Waals surface area contributed by atoms with Crippen LogP contribution in [0.1, 0.15) is 36.0 Å². The Morgan fingerprint density at radius 3 is 2.82 bits per heavy atom. The number of halogens is 2. The van der Waals surface area contributed by atoms with E-state index in [9.17, 15) is 13.6 Å². The van der Waals surface area contributed by atoms with Crippen molar-refractivity contribution in [1.29, 1.82) is 0 Å². The van der Waals surface area contributed by atoms with Gasteiger partial charge in [0.2, 0.25) is 0 Å². The molecule has 1 aromatic rings. The summed E-state index contributed by atoms with van der Waals surface area (Å²) in [7, 11) is 0. The zero-order valence-electron chi connectivity index (χ0n) is 9.42. The Bertz CT molecular complexity index is 412. The number of Topliss-reactive ketones (excluding diaryl/α,β-unsaturated/α-hetero) is 1. The summed E-state index contributed by atoms with van der Waals surface area (Å²) >= 11 is 0. The Morgan fingerprint density at radius 1 is 1.35 bits per heavy atom. The van der Waals surface area contributed by atoms with Crippen molar-refractivity contribution in [1.82, 2.24) is 0 Å². The van der Waals surface area contributed by atoms with Crippen LogP contribution < -0.4 is 0 Å². The monoisotopic (exact) mass is 240 g/mol. The molecule has 4 heteroatoms. The van der Waals surface area contributed by atoms with Gasteiger partial charge in [-0.25, -0.2) is 8.78 Å². The van der Waals surface area contributed by atoms with E-state index in [4.69, 9.17) is 4.74 Å². The maximum Gasteiger partial charge on any atom is 0.163 e. The van der Waals surface area contributed by atoms with Crippen molar-refractivity contribution in [2.24, 2.45) is 0 Å². The number of benzene rings is 1. The molecule has 0 N–H and O–H groups in total. The topological polar surface area (TPSA) is 26.3 Å². The van der Waals surface area contributed by atoms with Crippen LogP contribution in [-0.2, 0) is 4.74 Å². The Hall–Kier alpha value is -1.29. The Labute approximate surface area is 98.6 Å². The van der Waals surface area contributed by atoms with Crippen LogP contribution in [0.3, 0.4) is 0 Å². The lowest BCUT2D eigenvalue weighted by atomic mass is 10.0. The standard InChI is InChI=1S/C13H14F2O2/c14-11-5-3-9(8-12(11)15)13(16)6-4-10-2-1-7-17-10/h3,5,8,10H,1-2,4,6-7H2. The highest BCUT2D eigenvalue weighted by molar-refractivity contribution is 5.96. The average Bonchev–Trinajstić information content (AvgIpc) is 2.82. The summed E-state index contributed by atoms with van der Waals surface area (Å²) in [6.45, 7) is 0.754. The summed E-state index contributed by atoms with van der Waals surface area (Å²) in [5, 5.41) is 0. The lowest BCUT2D eigenvalue weighted by molar-refractivity contribution is 0.0859. The molecular formula is C13H14F2O2. The minimum absolute atomic E-state index is 0.143. The van der Waals surface area contributed by atoms with E-state index < -0.39 is 11.6 Å². The minimum atomic E-state index is -0.979. The molecule has 1 aliphatic rings. The second-order valence-electron chi connectivity index (χ2n) is 4.23. The summed E-state index contributed by atoms with van der Waals surface area (Å²) < 4.78 is 31.0. The predicted octanol–water partition coefficient (Wildman–Crippen LogP) is 3.11. The first kappa shape index (κ1) is 12.2. The third-order valence-corrected chi connectivity index (χ3v) is 2.96. The largest absolute Gasteiger partial charge is 0.378 e. The molecule has 0 amide bonds. The van der Waals surface area contributed by atoms with Gasteiger partial charge < -0.3 is 4.74 Å².